The fourth-order valence-electron chi connectivity index (χ4n) is 1.70. The molecule has 3 nitrogen and oxygen atoms in total. The molecule has 0 saturated heterocycles. The number of aromatic nitrogens is 1. The molecule has 16 heavy (non-hydrogen) atoms. The van der Waals surface area contributed by atoms with Crippen molar-refractivity contribution in [3.8, 4) is 17.2 Å². The second-order valence-corrected chi connectivity index (χ2v) is 3.65. The van der Waals surface area contributed by atoms with Gasteiger partial charge in [0.25, 0.3) is 0 Å². The molecule has 1 N–H and O–H groups in total. The fourth-order valence-corrected chi connectivity index (χ4v) is 1.70. The summed E-state index contributed by atoms with van der Waals surface area (Å²) in [6.07, 6.45) is 1.71. The summed E-state index contributed by atoms with van der Waals surface area (Å²) < 4.78 is 5.67. The van der Waals surface area contributed by atoms with Crippen LogP contribution in [0.5, 0.6) is 5.75 Å². The normalized spacial score (nSPS) is 10.6. The zero-order valence-corrected chi connectivity index (χ0v) is 9.53. The molecule has 0 aliphatic heterocycles. The average Bonchev–Trinajstić information content (AvgIpc) is 2.72. The van der Waals surface area contributed by atoms with E-state index in [1.165, 1.54) is 0 Å². The molecule has 0 unspecified atom stereocenters. The van der Waals surface area contributed by atoms with E-state index >= 15 is 0 Å². The Kier molecular flexibility index (Phi) is 2.95. The van der Waals surface area contributed by atoms with Gasteiger partial charge in [0.2, 0.25) is 5.89 Å². The highest BCUT2D eigenvalue weighted by Crippen LogP contribution is 2.25. The van der Waals surface area contributed by atoms with Crippen molar-refractivity contribution in [2.45, 2.75) is 26.7 Å². The highest BCUT2D eigenvalue weighted by molar-refractivity contribution is 5.56. The second-order valence-electron chi connectivity index (χ2n) is 3.65. The zero-order valence-electron chi connectivity index (χ0n) is 9.53. The molecular formula is C13H15NO2. The highest BCUT2D eigenvalue weighted by atomic mass is 16.4. The van der Waals surface area contributed by atoms with E-state index in [-0.39, 0.29) is 5.75 Å². The molecule has 0 spiro atoms. The van der Waals surface area contributed by atoms with Crippen molar-refractivity contribution in [3.05, 3.63) is 35.7 Å². The first-order chi connectivity index (χ1) is 7.74. The van der Waals surface area contributed by atoms with Crippen molar-refractivity contribution in [3.63, 3.8) is 0 Å². The topological polar surface area (TPSA) is 46.3 Å². The quantitative estimate of drug-likeness (QED) is 0.858. The van der Waals surface area contributed by atoms with E-state index in [4.69, 9.17) is 4.42 Å². The third-order valence-electron chi connectivity index (χ3n) is 2.53. The number of rotatable bonds is 3. The van der Waals surface area contributed by atoms with Gasteiger partial charge in [0.15, 0.2) is 0 Å². The molecule has 1 aromatic heterocycles. The molecule has 0 amide bonds. The maximum atomic E-state index is 9.40. The van der Waals surface area contributed by atoms with E-state index in [1.807, 2.05) is 13.0 Å². The van der Waals surface area contributed by atoms with Crippen LogP contribution < -0.4 is 0 Å². The molecule has 2 aromatic rings. The van der Waals surface area contributed by atoms with Gasteiger partial charge < -0.3 is 9.52 Å². The van der Waals surface area contributed by atoms with Gasteiger partial charge in [-0.25, -0.2) is 4.98 Å². The fraction of sp³-hybridized carbons (Fsp3) is 0.308. The van der Waals surface area contributed by atoms with Crippen LogP contribution >= 0.6 is 0 Å². The van der Waals surface area contributed by atoms with Crippen LogP contribution in [0.4, 0.5) is 0 Å². The van der Waals surface area contributed by atoms with Crippen LogP contribution in [0.3, 0.4) is 0 Å². The Balaban J connectivity index is 2.44. The van der Waals surface area contributed by atoms with E-state index in [0.717, 1.165) is 29.9 Å². The number of hydrogen-bond donors (Lipinski definition) is 1. The van der Waals surface area contributed by atoms with Gasteiger partial charge in [-0.05, 0) is 24.6 Å². The lowest BCUT2D eigenvalue weighted by Crippen LogP contribution is -1.85. The Morgan fingerprint density at radius 3 is 2.62 bits per heavy atom. The molecule has 0 bridgehead atoms. The smallest absolute Gasteiger partial charge is 0.226 e. The monoisotopic (exact) mass is 217 g/mol. The molecule has 0 aliphatic rings. The van der Waals surface area contributed by atoms with Crippen LogP contribution in [0, 0.1) is 0 Å². The Morgan fingerprint density at radius 2 is 2.06 bits per heavy atom. The second kappa shape index (κ2) is 4.39. The number of hydrogen-bond acceptors (Lipinski definition) is 3. The number of phenolic OH excluding ortho intramolecular Hbond substituents is 1. The van der Waals surface area contributed by atoms with Crippen LogP contribution in [0.2, 0.25) is 0 Å². The summed E-state index contributed by atoms with van der Waals surface area (Å²) in [5.41, 5.74) is 1.82. The standard InChI is InChI=1S/C13H15NO2/c1-3-11-12(4-2)16-13(14-11)9-6-5-7-10(15)8-9/h5-8,15H,3-4H2,1-2H3. The molecular weight excluding hydrogens is 202 g/mol. The summed E-state index contributed by atoms with van der Waals surface area (Å²) in [5.74, 6) is 1.75. The van der Waals surface area contributed by atoms with Gasteiger partial charge >= 0.3 is 0 Å². The van der Waals surface area contributed by atoms with Crippen molar-refractivity contribution < 1.29 is 9.52 Å². The van der Waals surface area contributed by atoms with Gasteiger partial charge in [0.1, 0.15) is 11.5 Å². The van der Waals surface area contributed by atoms with Gasteiger partial charge in [-0.1, -0.05) is 19.9 Å². The molecule has 0 aliphatic carbocycles. The van der Waals surface area contributed by atoms with Gasteiger partial charge in [0.05, 0.1) is 5.69 Å². The van der Waals surface area contributed by atoms with Crippen molar-refractivity contribution in [1.82, 2.24) is 4.98 Å². The Labute approximate surface area is 94.8 Å². The van der Waals surface area contributed by atoms with E-state index in [1.54, 1.807) is 18.2 Å². The minimum atomic E-state index is 0.229. The Bertz CT molecular complexity index is 467. The van der Waals surface area contributed by atoms with Gasteiger partial charge in [0, 0.05) is 12.0 Å². The molecule has 0 saturated carbocycles. The SMILES string of the molecule is CCc1nc(-c2cccc(O)c2)oc1CC. The largest absolute Gasteiger partial charge is 0.508 e. The molecule has 1 aromatic carbocycles. The maximum absolute atomic E-state index is 9.40. The molecule has 0 fully saturated rings. The maximum Gasteiger partial charge on any atom is 0.226 e. The molecule has 2 rings (SSSR count). The summed E-state index contributed by atoms with van der Waals surface area (Å²) in [5, 5.41) is 9.40. The molecule has 0 atom stereocenters. The van der Waals surface area contributed by atoms with Crippen molar-refractivity contribution in [1.29, 1.82) is 0 Å². The number of oxazole rings is 1. The van der Waals surface area contributed by atoms with Crippen LogP contribution in [0.1, 0.15) is 25.3 Å². The summed E-state index contributed by atoms with van der Waals surface area (Å²) in [7, 11) is 0. The minimum absolute atomic E-state index is 0.229. The summed E-state index contributed by atoms with van der Waals surface area (Å²) in [6.45, 7) is 4.11. The predicted molar refractivity (Wildman–Crippen MR) is 62.4 cm³/mol. The van der Waals surface area contributed by atoms with Crippen LogP contribution in [0.25, 0.3) is 11.5 Å². The van der Waals surface area contributed by atoms with Gasteiger partial charge in [-0.3, -0.25) is 0 Å². The molecule has 1 heterocycles. The first-order valence-electron chi connectivity index (χ1n) is 5.52. The van der Waals surface area contributed by atoms with Crippen LogP contribution in [-0.2, 0) is 12.8 Å². The number of aromatic hydroxyl groups is 1. The lowest BCUT2D eigenvalue weighted by atomic mass is 10.2. The summed E-state index contributed by atoms with van der Waals surface area (Å²) in [4.78, 5) is 4.43. The zero-order chi connectivity index (χ0) is 11.5. The third kappa shape index (κ3) is 1.94. The number of benzene rings is 1. The average molecular weight is 217 g/mol. The Morgan fingerprint density at radius 1 is 1.25 bits per heavy atom. The van der Waals surface area contributed by atoms with Crippen molar-refractivity contribution >= 4 is 0 Å². The number of phenols is 1. The molecule has 0 radical (unpaired) electrons. The van der Waals surface area contributed by atoms with Gasteiger partial charge in [-0.15, -0.1) is 0 Å². The van der Waals surface area contributed by atoms with Crippen molar-refractivity contribution in [2.24, 2.45) is 0 Å². The van der Waals surface area contributed by atoms with E-state index in [9.17, 15) is 5.11 Å². The first-order valence-corrected chi connectivity index (χ1v) is 5.52. The predicted octanol–water partition coefficient (Wildman–Crippen LogP) is 3.17. The molecule has 84 valence electrons. The van der Waals surface area contributed by atoms with Crippen LogP contribution in [0.15, 0.2) is 28.7 Å². The number of nitrogens with zero attached hydrogens (tertiary/aromatic N) is 1. The molecule has 3 heteroatoms. The van der Waals surface area contributed by atoms with E-state index < -0.39 is 0 Å². The van der Waals surface area contributed by atoms with Crippen LogP contribution in [-0.4, -0.2) is 10.1 Å². The first kappa shape index (κ1) is 10.7. The Hall–Kier alpha value is -1.77. The van der Waals surface area contributed by atoms with E-state index in [2.05, 4.69) is 11.9 Å². The van der Waals surface area contributed by atoms with Crippen molar-refractivity contribution in [2.75, 3.05) is 0 Å². The number of aryl methyl sites for hydroxylation is 2. The minimum Gasteiger partial charge on any atom is -0.508 e. The highest BCUT2D eigenvalue weighted by Gasteiger charge is 2.11. The van der Waals surface area contributed by atoms with Gasteiger partial charge in [-0.2, -0.15) is 0 Å². The van der Waals surface area contributed by atoms with E-state index in [0.29, 0.717) is 5.89 Å². The summed E-state index contributed by atoms with van der Waals surface area (Å²) in [6, 6.07) is 6.95. The third-order valence-corrected chi connectivity index (χ3v) is 2.53. The lowest BCUT2D eigenvalue weighted by molar-refractivity contribution is 0.474. The summed E-state index contributed by atoms with van der Waals surface area (Å²) >= 11 is 0. The lowest BCUT2D eigenvalue weighted by Gasteiger charge is -1.95.